The summed E-state index contributed by atoms with van der Waals surface area (Å²) in [6.45, 7) is 15.1. The van der Waals surface area contributed by atoms with Gasteiger partial charge in [0.15, 0.2) is 0 Å². The first-order valence-corrected chi connectivity index (χ1v) is 14.0. The fourth-order valence-electron chi connectivity index (χ4n) is 4.72. The molecule has 1 saturated carbocycles. The average molecular weight is 556 g/mol. The summed E-state index contributed by atoms with van der Waals surface area (Å²) in [6, 6.07) is 9.43. The van der Waals surface area contributed by atoms with E-state index in [2.05, 4.69) is 10.6 Å². The van der Waals surface area contributed by atoms with Gasteiger partial charge in [0.05, 0.1) is 10.7 Å². The van der Waals surface area contributed by atoms with Gasteiger partial charge in [0, 0.05) is 6.04 Å². The number of rotatable bonds is 9. The number of halogens is 1. The second-order valence-corrected chi connectivity index (χ2v) is 12.4. The fourth-order valence-corrected chi connectivity index (χ4v) is 4.99. The minimum Gasteiger partial charge on any atom is -0.444 e. The Kier molecular flexibility index (Phi) is 9.70. The first kappa shape index (κ1) is 30.5. The molecule has 0 spiro atoms. The Morgan fingerprint density at radius 2 is 1.72 bits per heavy atom. The van der Waals surface area contributed by atoms with Crippen LogP contribution in [0.15, 0.2) is 36.4 Å². The van der Waals surface area contributed by atoms with Crippen LogP contribution in [0.3, 0.4) is 0 Å². The molecule has 2 aromatic carbocycles. The topological polar surface area (TPSA) is 87.7 Å². The molecule has 3 rings (SSSR count). The largest absolute Gasteiger partial charge is 0.444 e. The molecule has 1 aliphatic carbocycles. The maximum atomic E-state index is 14.3. The van der Waals surface area contributed by atoms with E-state index in [0.29, 0.717) is 17.1 Å². The third-order valence-electron chi connectivity index (χ3n) is 6.61. The normalized spacial score (nSPS) is 14.9. The average Bonchev–Trinajstić information content (AvgIpc) is 3.63. The molecular formula is C31H42ClN3O4. The summed E-state index contributed by atoms with van der Waals surface area (Å²) in [5.41, 5.74) is 3.34. The van der Waals surface area contributed by atoms with Crippen LogP contribution in [0.5, 0.6) is 0 Å². The highest BCUT2D eigenvalue weighted by Gasteiger charge is 2.44. The molecule has 0 heterocycles. The fraction of sp³-hybridized carbons (Fsp3) is 0.516. The molecule has 1 fully saturated rings. The number of amides is 3. The quantitative estimate of drug-likeness (QED) is 0.353. The summed E-state index contributed by atoms with van der Waals surface area (Å²) in [6.07, 6.45) is 1.32. The van der Waals surface area contributed by atoms with Gasteiger partial charge in [-0.15, -0.1) is 0 Å². The molecule has 0 bridgehead atoms. The van der Waals surface area contributed by atoms with Crippen LogP contribution in [0.1, 0.15) is 82.2 Å². The Bertz CT molecular complexity index is 1200. The van der Waals surface area contributed by atoms with Crippen molar-refractivity contribution in [1.82, 2.24) is 10.2 Å². The molecule has 0 saturated heterocycles. The lowest BCUT2D eigenvalue weighted by molar-refractivity contribution is -0.141. The minimum atomic E-state index is -0.906. The van der Waals surface area contributed by atoms with Crippen molar-refractivity contribution < 1.29 is 19.1 Å². The van der Waals surface area contributed by atoms with E-state index in [1.165, 1.54) is 0 Å². The number of alkyl carbamates (subject to hydrolysis) is 1. The van der Waals surface area contributed by atoms with Gasteiger partial charge in [0.2, 0.25) is 5.91 Å². The van der Waals surface area contributed by atoms with Crippen molar-refractivity contribution >= 4 is 35.2 Å². The number of nitrogens with one attached hydrogen (secondary N) is 2. The van der Waals surface area contributed by atoms with Crippen LogP contribution in [-0.2, 0) is 14.3 Å². The van der Waals surface area contributed by atoms with E-state index in [0.717, 1.165) is 35.1 Å². The molecule has 2 aromatic rings. The Morgan fingerprint density at radius 1 is 1.05 bits per heavy atom. The van der Waals surface area contributed by atoms with Crippen molar-refractivity contribution in [3.63, 3.8) is 0 Å². The monoisotopic (exact) mass is 555 g/mol. The Hall–Kier alpha value is -3.06. The maximum Gasteiger partial charge on any atom is 0.408 e. The first-order chi connectivity index (χ1) is 18.2. The van der Waals surface area contributed by atoms with Gasteiger partial charge >= 0.3 is 6.09 Å². The number of hydrogen-bond donors (Lipinski definition) is 2. The lowest BCUT2D eigenvalue weighted by atomic mass is 9.95. The highest BCUT2D eigenvalue weighted by Crippen LogP contribution is 2.38. The van der Waals surface area contributed by atoms with E-state index in [1.54, 1.807) is 31.7 Å². The Morgan fingerprint density at radius 3 is 2.26 bits per heavy atom. The van der Waals surface area contributed by atoms with Gasteiger partial charge in [-0.2, -0.15) is 0 Å². The summed E-state index contributed by atoms with van der Waals surface area (Å²) >= 11 is 6.45. The summed E-state index contributed by atoms with van der Waals surface area (Å²) in [5.74, 6) is -0.527. The highest BCUT2D eigenvalue weighted by atomic mass is 35.5. The van der Waals surface area contributed by atoms with Crippen molar-refractivity contribution in [1.29, 1.82) is 0 Å². The van der Waals surface area contributed by atoms with Crippen LogP contribution in [0.2, 0.25) is 5.02 Å². The van der Waals surface area contributed by atoms with Gasteiger partial charge in [0.1, 0.15) is 17.7 Å². The zero-order valence-corrected chi connectivity index (χ0v) is 25.1. The Labute approximate surface area is 237 Å². The molecule has 2 atom stereocenters. The number of carbonyl (C=O) groups excluding carboxylic acids is 3. The number of carbonyl (C=O) groups is 3. The van der Waals surface area contributed by atoms with Gasteiger partial charge in [-0.3, -0.25) is 9.59 Å². The van der Waals surface area contributed by atoms with E-state index in [9.17, 15) is 14.4 Å². The zero-order valence-electron chi connectivity index (χ0n) is 24.4. The minimum absolute atomic E-state index is 0.114. The number of para-hydroxylation sites is 1. The molecule has 3 amide bonds. The van der Waals surface area contributed by atoms with Crippen molar-refractivity contribution in [2.24, 2.45) is 5.92 Å². The zero-order chi connectivity index (χ0) is 29.1. The third kappa shape index (κ3) is 8.21. The second kappa shape index (κ2) is 12.4. The molecule has 0 aliphatic heterocycles. The lowest BCUT2D eigenvalue weighted by Gasteiger charge is -2.36. The van der Waals surface area contributed by atoms with Crippen LogP contribution in [0.25, 0.3) is 0 Å². The van der Waals surface area contributed by atoms with Gasteiger partial charge in [-0.05, 0) is 89.5 Å². The molecule has 1 aliphatic rings. The number of hydrogen-bond acceptors (Lipinski definition) is 4. The SMILES string of the molecule is Cc1ccc(C(C(=O)Nc2c(C)cccc2Cl)N(C(=O)C(CC(C)C)NC(=O)OC(C)(C)C)C2CC2)c(C)c1. The van der Waals surface area contributed by atoms with E-state index in [4.69, 9.17) is 16.3 Å². The number of ether oxygens (including phenoxy) is 1. The van der Waals surface area contributed by atoms with E-state index in [1.807, 2.05) is 65.0 Å². The van der Waals surface area contributed by atoms with Crippen LogP contribution in [0.4, 0.5) is 10.5 Å². The van der Waals surface area contributed by atoms with Crippen LogP contribution in [0, 0.1) is 26.7 Å². The summed E-state index contributed by atoms with van der Waals surface area (Å²) in [5, 5.41) is 6.24. The lowest BCUT2D eigenvalue weighted by Crippen LogP contribution is -2.53. The molecular weight excluding hydrogens is 514 g/mol. The summed E-state index contributed by atoms with van der Waals surface area (Å²) in [4.78, 5) is 42.8. The van der Waals surface area contributed by atoms with Crippen LogP contribution in [-0.4, -0.2) is 40.5 Å². The molecule has 8 heteroatoms. The van der Waals surface area contributed by atoms with Gasteiger partial charge in [0.25, 0.3) is 5.91 Å². The molecule has 7 nitrogen and oxygen atoms in total. The van der Waals surface area contributed by atoms with Crippen molar-refractivity contribution in [3.8, 4) is 0 Å². The number of anilines is 1. The standard InChI is InChI=1S/C31H42ClN3O4/c1-18(2)16-25(33-30(38)39-31(6,7)8)29(37)35(22-13-14-22)27(23-15-12-19(3)17-21(23)5)28(36)34-26-20(4)10-9-11-24(26)32/h9-12,15,17-18,22,25,27H,13-14,16H2,1-8H3,(H,33,38)(H,34,36). The predicted molar refractivity (Wildman–Crippen MR) is 156 cm³/mol. The summed E-state index contributed by atoms with van der Waals surface area (Å²) in [7, 11) is 0. The molecule has 212 valence electrons. The van der Waals surface area contributed by atoms with Crippen molar-refractivity contribution in [3.05, 3.63) is 63.7 Å². The molecule has 2 unspecified atom stereocenters. The molecule has 2 N–H and O–H groups in total. The highest BCUT2D eigenvalue weighted by molar-refractivity contribution is 6.34. The van der Waals surface area contributed by atoms with Gasteiger partial charge in [-0.25, -0.2) is 4.79 Å². The van der Waals surface area contributed by atoms with Gasteiger partial charge in [-0.1, -0.05) is 61.3 Å². The third-order valence-corrected chi connectivity index (χ3v) is 6.92. The number of aryl methyl sites for hydroxylation is 3. The number of nitrogens with zero attached hydrogens (tertiary/aromatic N) is 1. The van der Waals surface area contributed by atoms with E-state index < -0.39 is 23.8 Å². The van der Waals surface area contributed by atoms with Crippen molar-refractivity contribution in [2.45, 2.75) is 98.4 Å². The van der Waals surface area contributed by atoms with Crippen LogP contribution >= 0.6 is 11.6 Å². The molecule has 0 radical (unpaired) electrons. The summed E-state index contributed by atoms with van der Waals surface area (Å²) < 4.78 is 5.47. The molecule has 0 aromatic heterocycles. The Balaban J connectivity index is 2.06. The van der Waals surface area contributed by atoms with Crippen molar-refractivity contribution in [2.75, 3.05) is 5.32 Å². The maximum absolute atomic E-state index is 14.3. The van der Waals surface area contributed by atoms with Crippen LogP contribution < -0.4 is 10.6 Å². The smallest absolute Gasteiger partial charge is 0.408 e. The van der Waals surface area contributed by atoms with Gasteiger partial charge < -0.3 is 20.3 Å². The van der Waals surface area contributed by atoms with E-state index >= 15 is 0 Å². The first-order valence-electron chi connectivity index (χ1n) is 13.6. The van der Waals surface area contributed by atoms with E-state index in [-0.39, 0.29) is 23.8 Å². The number of benzene rings is 2. The predicted octanol–water partition coefficient (Wildman–Crippen LogP) is 6.88. The molecule has 39 heavy (non-hydrogen) atoms. The second-order valence-electron chi connectivity index (χ2n) is 12.0.